The summed E-state index contributed by atoms with van der Waals surface area (Å²) in [6.07, 6.45) is 6.95. The van der Waals surface area contributed by atoms with Gasteiger partial charge in [0, 0.05) is 68.4 Å². The van der Waals surface area contributed by atoms with Crippen LogP contribution in [0.2, 0.25) is 0 Å². The molecule has 0 amide bonds. The zero-order chi connectivity index (χ0) is 29.9. The van der Waals surface area contributed by atoms with Gasteiger partial charge in [-0.2, -0.15) is 0 Å². The Morgan fingerprint density at radius 3 is 2.61 bits per heavy atom. The van der Waals surface area contributed by atoms with Crippen molar-refractivity contribution in [2.75, 3.05) is 56.2 Å². The van der Waals surface area contributed by atoms with Crippen LogP contribution in [0.1, 0.15) is 43.0 Å². The number of rotatable bonds is 8. The standard InChI is InChI=1S/C35H39N5O2S2/c1-24-8-10-28(36-23-24)29(12-15-39-13-3-2-4-14-39)37-25-9-11-31-33(20-25)43-32-7-5-6-27(35(32)44-31)30-21-26(22-34(41)38-30)40-16-18-42-19-17-40/h5-11,20-23,29,37H,2-4,12-19H2,1H3,(H,38,41). The van der Waals surface area contributed by atoms with E-state index < -0.39 is 0 Å². The molecule has 2 aromatic heterocycles. The third-order valence-electron chi connectivity index (χ3n) is 8.66. The SMILES string of the molecule is Cc1ccc(C(CCN2CCCCC2)Nc2ccc3c(c2)Sc2cccc(-c4cc(N5CCOCC5)cc(=O)[nH]4)c2S3)nc1. The first-order valence-corrected chi connectivity index (χ1v) is 17.3. The van der Waals surface area contributed by atoms with Gasteiger partial charge >= 0.3 is 0 Å². The summed E-state index contributed by atoms with van der Waals surface area (Å²) in [6, 6.07) is 21.4. The maximum Gasteiger partial charge on any atom is 0.250 e. The third-order valence-corrected chi connectivity index (χ3v) is 11.3. The Kier molecular flexibility index (Phi) is 8.98. The molecular formula is C35H39N5O2S2. The fourth-order valence-corrected chi connectivity index (χ4v) is 8.67. The maximum absolute atomic E-state index is 12.7. The lowest BCUT2D eigenvalue weighted by Crippen LogP contribution is -2.36. The lowest BCUT2D eigenvalue weighted by atomic mass is 10.1. The lowest BCUT2D eigenvalue weighted by molar-refractivity contribution is 0.122. The molecule has 5 heterocycles. The zero-order valence-corrected chi connectivity index (χ0v) is 26.8. The van der Waals surface area contributed by atoms with Gasteiger partial charge in [0.15, 0.2) is 0 Å². The van der Waals surface area contributed by atoms with E-state index in [0.717, 1.165) is 54.4 Å². The predicted octanol–water partition coefficient (Wildman–Crippen LogP) is 7.23. The molecule has 9 heteroatoms. The van der Waals surface area contributed by atoms with Gasteiger partial charge in [-0.05, 0) is 81.2 Å². The Labute approximate surface area is 267 Å². The smallest absolute Gasteiger partial charge is 0.250 e. The summed E-state index contributed by atoms with van der Waals surface area (Å²) in [7, 11) is 0. The van der Waals surface area contributed by atoms with Crippen molar-refractivity contribution in [3.05, 3.63) is 88.5 Å². The second kappa shape index (κ2) is 13.4. The number of H-pyrrole nitrogens is 1. The van der Waals surface area contributed by atoms with Gasteiger partial charge in [0.1, 0.15) is 0 Å². The van der Waals surface area contributed by atoms with E-state index in [9.17, 15) is 4.79 Å². The Hall–Kier alpha value is -3.24. The molecule has 0 saturated carbocycles. The Morgan fingerprint density at radius 1 is 0.932 bits per heavy atom. The molecule has 4 aromatic rings. The number of piperidine rings is 1. The number of aromatic amines is 1. The number of morpholine rings is 1. The van der Waals surface area contributed by atoms with Gasteiger partial charge in [0.2, 0.25) is 5.56 Å². The molecule has 1 unspecified atom stereocenters. The highest BCUT2D eigenvalue weighted by atomic mass is 32.2. The number of ether oxygens (including phenoxy) is 1. The summed E-state index contributed by atoms with van der Waals surface area (Å²) >= 11 is 3.58. The van der Waals surface area contributed by atoms with Crippen LogP contribution in [0, 0.1) is 6.92 Å². The molecule has 3 aliphatic heterocycles. The molecule has 2 aromatic carbocycles. The van der Waals surface area contributed by atoms with Crippen LogP contribution >= 0.6 is 23.5 Å². The number of fused-ring (bicyclic) bond motifs is 2. The van der Waals surface area contributed by atoms with Gasteiger partial charge in [-0.1, -0.05) is 48.1 Å². The van der Waals surface area contributed by atoms with Crippen molar-refractivity contribution in [1.29, 1.82) is 0 Å². The molecule has 2 N–H and O–H groups in total. The number of hydrogen-bond acceptors (Lipinski definition) is 8. The van der Waals surface area contributed by atoms with Crippen LogP contribution in [0.3, 0.4) is 0 Å². The van der Waals surface area contributed by atoms with Crippen molar-refractivity contribution in [1.82, 2.24) is 14.9 Å². The van der Waals surface area contributed by atoms with Gasteiger partial charge < -0.3 is 24.8 Å². The van der Waals surface area contributed by atoms with Crippen LogP contribution in [-0.4, -0.2) is 60.8 Å². The van der Waals surface area contributed by atoms with Crippen LogP contribution in [-0.2, 0) is 4.74 Å². The minimum atomic E-state index is -0.0796. The van der Waals surface area contributed by atoms with Crippen molar-refractivity contribution in [2.45, 2.75) is 58.2 Å². The first-order chi connectivity index (χ1) is 21.6. The van der Waals surface area contributed by atoms with E-state index in [1.807, 2.05) is 6.20 Å². The van der Waals surface area contributed by atoms with E-state index in [-0.39, 0.29) is 11.6 Å². The highest BCUT2D eigenvalue weighted by molar-refractivity contribution is 8.05. The highest BCUT2D eigenvalue weighted by Gasteiger charge is 2.23. The van der Waals surface area contributed by atoms with Gasteiger partial charge in [-0.25, -0.2) is 0 Å². The average Bonchev–Trinajstić information content (AvgIpc) is 3.06. The average molecular weight is 626 g/mol. The third kappa shape index (κ3) is 6.71. The molecule has 7 rings (SSSR count). The van der Waals surface area contributed by atoms with E-state index >= 15 is 0 Å². The first-order valence-electron chi connectivity index (χ1n) is 15.7. The summed E-state index contributed by atoms with van der Waals surface area (Å²) in [4.78, 5) is 30.3. The Bertz CT molecular complexity index is 1660. The molecule has 7 nitrogen and oxygen atoms in total. The van der Waals surface area contributed by atoms with E-state index in [1.165, 1.54) is 57.5 Å². The van der Waals surface area contributed by atoms with Crippen LogP contribution in [0.25, 0.3) is 11.3 Å². The zero-order valence-electron chi connectivity index (χ0n) is 25.2. The molecule has 2 fully saturated rings. The van der Waals surface area contributed by atoms with Crippen LogP contribution in [0.5, 0.6) is 0 Å². The topological polar surface area (TPSA) is 73.5 Å². The largest absolute Gasteiger partial charge is 0.378 e. The summed E-state index contributed by atoms with van der Waals surface area (Å²) < 4.78 is 5.52. The lowest BCUT2D eigenvalue weighted by Gasteiger charge is -2.29. The minimum Gasteiger partial charge on any atom is -0.378 e. The monoisotopic (exact) mass is 625 g/mol. The van der Waals surface area contributed by atoms with E-state index in [1.54, 1.807) is 29.6 Å². The number of aromatic nitrogens is 2. The molecule has 0 aliphatic carbocycles. The Balaban J connectivity index is 1.12. The minimum absolute atomic E-state index is 0.0796. The molecule has 2 saturated heterocycles. The summed E-state index contributed by atoms with van der Waals surface area (Å²) in [5.74, 6) is 0. The number of hydrogen-bond donors (Lipinski definition) is 2. The number of benzene rings is 2. The van der Waals surface area contributed by atoms with Crippen LogP contribution < -0.4 is 15.8 Å². The van der Waals surface area contributed by atoms with Gasteiger partial charge in [-0.15, -0.1) is 0 Å². The maximum atomic E-state index is 12.7. The van der Waals surface area contributed by atoms with Crippen molar-refractivity contribution in [2.24, 2.45) is 0 Å². The number of nitrogens with zero attached hydrogens (tertiary/aromatic N) is 3. The fourth-order valence-electron chi connectivity index (χ4n) is 6.26. The van der Waals surface area contributed by atoms with Crippen molar-refractivity contribution < 1.29 is 4.74 Å². The van der Waals surface area contributed by atoms with E-state index in [4.69, 9.17) is 9.72 Å². The molecule has 1 atom stereocenters. The molecule has 3 aliphatic rings. The molecule has 0 radical (unpaired) electrons. The molecule has 44 heavy (non-hydrogen) atoms. The number of pyridine rings is 2. The van der Waals surface area contributed by atoms with Gasteiger partial charge in [0.25, 0.3) is 0 Å². The number of likely N-dealkylation sites (tertiary alicyclic amines) is 1. The Morgan fingerprint density at radius 2 is 1.80 bits per heavy atom. The normalized spacial score (nSPS) is 17.5. The molecule has 0 bridgehead atoms. The predicted molar refractivity (Wildman–Crippen MR) is 180 cm³/mol. The van der Waals surface area contributed by atoms with Gasteiger partial charge in [0.05, 0.1) is 30.6 Å². The molecular weight excluding hydrogens is 587 g/mol. The van der Waals surface area contributed by atoms with Crippen LogP contribution in [0.15, 0.2) is 91.2 Å². The highest BCUT2D eigenvalue weighted by Crippen LogP contribution is 2.52. The quantitative estimate of drug-likeness (QED) is 0.187. The fraction of sp³-hybridized carbons (Fsp3) is 0.371. The molecule has 0 spiro atoms. The van der Waals surface area contributed by atoms with Crippen molar-refractivity contribution in [3.63, 3.8) is 0 Å². The molecule has 228 valence electrons. The number of anilines is 2. The van der Waals surface area contributed by atoms with Crippen LogP contribution in [0.4, 0.5) is 11.4 Å². The first kappa shape index (κ1) is 29.5. The van der Waals surface area contributed by atoms with Gasteiger partial charge in [-0.3, -0.25) is 9.78 Å². The summed E-state index contributed by atoms with van der Waals surface area (Å²) in [5.41, 5.74) is 6.17. The van der Waals surface area contributed by atoms with E-state index in [0.29, 0.717) is 13.2 Å². The summed E-state index contributed by atoms with van der Waals surface area (Å²) in [5, 5.41) is 3.84. The second-order valence-corrected chi connectivity index (χ2v) is 14.0. The number of aryl methyl sites for hydroxylation is 1. The second-order valence-electron chi connectivity index (χ2n) is 11.9. The number of nitrogens with one attached hydrogen (secondary N) is 2. The van der Waals surface area contributed by atoms with Crippen molar-refractivity contribution >= 4 is 34.9 Å². The summed E-state index contributed by atoms with van der Waals surface area (Å²) in [6.45, 7) is 8.53. The van der Waals surface area contributed by atoms with E-state index in [2.05, 4.69) is 81.6 Å². The van der Waals surface area contributed by atoms with Crippen molar-refractivity contribution in [3.8, 4) is 11.3 Å².